The Labute approximate surface area is 137 Å². The van der Waals surface area contributed by atoms with Crippen LogP contribution in [0.2, 0.25) is 0 Å². The van der Waals surface area contributed by atoms with E-state index in [-0.39, 0.29) is 5.78 Å². The van der Waals surface area contributed by atoms with Gasteiger partial charge in [-0.15, -0.1) is 0 Å². The molecule has 126 valence electrons. The maximum absolute atomic E-state index is 12.6. The van der Waals surface area contributed by atoms with E-state index >= 15 is 0 Å². The highest BCUT2D eigenvalue weighted by Crippen LogP contribution is 2.21. The highest BCUT2D eigenvalue weighted by Gasteiger charge is 2.19. The van der Waals surface area contributed by atoms with Gasteiger partial charge in [0.05, 0.1) is 6.54 Å². The van der Waals surface area contributed by atoms with Crippen molar-refractivity contribution in [3.05, 3.63) is 34.8 Å². The van der Waals surface area contributed by atoms with Crippen molar-refractivity contribution in [1.82, 2.24) is 14.6 Å². The van der Waals surface area contributed by atoms with Crippen molar-refractivity contribution in [3.8, 4) is 5.82 Å². The molecule has 0 radical (unpaired) electrons. The van der Waals surface area contributed by atoms with Crippen LogP contribution in [0.15, 0.2) is 16.7 Å². The lowest BCUT2D eigenvalue weighted by molar-refractivity contribution is 0.0938. The summed E-state index contributed by atoms with van der Waals surface area (Å²) in [6.45, 7) is 7.70. The Kier molecular flexibility index (Phi) is 5.74. The van der Waals surface area contributed by atoms with Gasteiger partial charge in [-0.25, -0.2) is 0 Å². The van der Waals surface area contributed by atoms with E-state index < -0.39 is 0 Å². The van der Waals surface area contributed by atoms with Crippen LogP contribution in [-0.4, -0.2) is 54.3 Å². The zero-order chi connectivity index (χ0) is 17.0. The van der Waals surface area contributed by atoms with Gasteiger partial charge in [-0.1, -0.05) is 5.16 Å². The van der Waals surface area contributed by atoms with E-state index in [1.165, 1.54) is 0 Å². The summed E-state index contributed by atoms with van der Waals surface area (Å²) in [5, 5.41) is 4.04. The lowest BCUT2D eigenvalue weighted by atomic mass is 10.1. The number of carbonyl (C=O) groups is 1. The summed E-state index contributed by atoms with van der Waals surface area (Å²) in [6.07, 6.45) is 0.914. The zero-order valence-electron chi connectivity index (χ0n) is 14.5. The quantitative estimate of drug-likeness (QED) is 0.553. The zero-order valence-corrected chi connectivity index (χ0v) is 14.5. The molecule has 0 unspecified atom stereocenters. The van der Waals surface area contributed by atoms with Crippen molar-refractivity contribution in [1.29, 1.82) is 0 Å². The molecule has 0 bridgehead atoms. The van der Waals surface area contributed by atoms with Gasteiger partial charge in [0.25, 0.3) is 0 Å². The molecule has 0 aromatic carbocycles. The van der Waals surface area contributed by atoms with Gasteiger partial charge in [0.2, 0.25) is 0 Å². The van der Waals surface area contributed by atoms with Gasteiger partial charge in [0.1, 0.15) is 5.76 Å². The first-order chi connectivity index (χ1) is 10.9. The van der Waals surface area contributed by atoms with Crippen molar-refractivity contribution in [2.75, 3.05) is 33.9 Å². The molecule has 0 N–H and O–H groups in total. The Hall–Kier alpha value is -1.92. The minimum absolute atomic E-state index is 0.115. The van der Waals surface area contributed by atoms with Crippen LogP contribution in [0.25, 0.3) is 5.82 Å². The van der Waals surface area contributed by atoms with Gasteiger partial charge < -0.3 is 9.26 Å². The number of carbonyl (C=O) groups excluding carboxylic acids is 1. The van der Waals surface area contributed by atoms with Crippen LogP contribution in [0.1, 0.15) is 33.9 Å². The lowest BCUT2D eigenvalue weighted by Gasteiger charge is -2.15. The molecule has 0 aliphatic carbocycles. The third kappa shape index (κ3) is 4.09. The highest BCUT2D eigenvalue weighted by molar-refractivity contribution is 5.99. The van der Waals surface area contributed by atoms with Gasteiger partial charge in [-0.2, -0.15) is 0 Å². The van der Waals surface area contributed by atoms with E-state index in [1.54, 1.807) is 7.11 Å². The van der Waals surface area contributed by atoms with Crippen LogP contribution < -0.4 is 0 Å². The van der Waals surface area contributed by atoms with E-state index in [1.807, 2.05) is 49.4 Å². The lowest BCUT2D eigenvalue weighted by Crippen LogP contribution is -2.27. The number of nitrogens with zero attached hydrogens (tertiary/aromatic N) is 3. The maximum Gasteiger partial charge on any atom is 0.180 e. The fourth-order valence-corrected chi connectivity index (χ4v) is 2.74. The van der Waals surface area contributed by atoms with Crippen molar-refractivity contribution >= 4 is 5.78 Å². The van der Waals surface area contributed by atoms with Crippen molar-refractivity contribution < 1.29 is 14.1 Å². The Balaban J connectivity index is 2.13. The maximum atomic E-state index is 12.6. The van der Waals surface area contributed by atoms with E-state index in [9.17, 15) is 4.79 Å². The molecular weight excluding hydrogens is 294 g/mol. The van der Waals surface area contributed by atoms with Crippen molar-refractivity contribution in [3.63, 3.8) is 0 Å². The van der Waals surface area contributed by atoms with Crippen LogP contribution >= 0.6 is 0 Å². The van der Waals surface area contributed by atoms with E-state index in [0.29, 0.717) is 19.0 Å². The van der Waals surface area contributed by atoms with Gasteiger partial charge in [-0.3, -0.25) is 14.3 Å². The standard InChI is InChI=1S/C17H25N3O3/c1-12-9-15(16(21)11-19(4)7-6-8-22-5)14(3)20(12)17-10-13(2)23-18-17/h9-10H,6-8,11H2,1-5H3. The van der Waals surface area contributed by atoms with E-state index in [0.717, 1.165) is 35.7 Å². The number of methoxy groups -OCH3 is 1. The molecule has 2 heterocycles. The molecule has 0 spiro atoms. The number of ketones is 1. The molecule has 0 atom stereocenters. The number of likely N-dealkylation sites (N-methyl/N-ethyl adjacent to an activating group) is 1. The molecular formula is C17H25N3O3. The average Bonchev–Trinajstić information content (AvgIpc) is 3.02. The van der Waals surface area contributed by atoms with Gasteiger partial charge in [0, 0.05) is 43.3 Å². The van der Waals surface area contributed by atoms with Crippen LogP contribution in [0.5, 0.6) is 0 Å². The number of aromatic nitrogens is 2. The number of Topliss-reactive ketones (excluding diaryl/α,β-unsaturated/α-hetero) is 1. The predicted molar refractivity (Wildman–Crippen MR) is 88.4 cm³/mol. The van der Waals surface area contributed by atoms with E-state index in [4.69, 9.17) is 9.26 Å². The molecule has 6 heteroatoms. The minimum Gasteiger partial charge on any atom is -0.385 e. The van der Waals surface area contributed by atoms with Crippen LogP contribution in [0, 0.1) is 20.8 Å². The second-order valence-electron chi connectivity index (χ2n) is 5.92. The monoisotopic (exact) mass is 319 g/mol. The van der Waals surface area contributed by atoms with Crippen LogP contribution in [-0.2, 0) is 4.74 Å². The molecule has 2 rings (SSSR count). The third-order valence-electron chi connectivity index (χ3n) is 3.88. The number of rotatable bonds is 8. The topological polar surface area (TPSA) is 60.5 Å². The molecule has 2 aromatic rings. The van der Waals surface area contributed by atoms with E-state index in [2.05, 4.69) is 5.16 Å². The summed E-state index contributed by atoms with van der Waals surface area (Å²) < 4.78 is 12.1. The summed E-state index contributed by atoms with van der Waals surface area (Å²) in [7, 11) is 3.64. The molecule has 0 aliphatic rings. The molecule has 23 heavy (non-hydrogen) atoms. The van der Waals surface area contributed by atoms with Crippen molar-refractivity contribution in [2.24, 2.45) is 0 Å². The largest absolute Gasteiger partial charge is 0.385 e. The Morgan fingerprint density at radius 1 is 1.35 bits per heavy atom. The predicted octanol–water partition coefficient (Wildman–Crippen LogP) is 2.54. The number of hydrogen-bond acceptors (Lipinski definition) is 5. The number of hydrogen-bond donors (Lipinski definition) is 0. The SMILES string of the molecule is COCCCN(C)CC(=O)c1cc(C)n(-c2cc(C)on2)c1C. The van der Waals surface area contributed by atoms with Gasteiger partial charge in [-0.05, 0) is 40.3 Å². The summed E-state index contributed by atoms with van der Waals surface area (Å²) >= 11 is 0. The second kappa shape index (κ2) is 7.57. The molecule has 6 nitrogen and oxygen atoms in total. The Bertz CT molecular complexity index is 673. The first kappa shape index (κ1) is 17.4. The second-order valence-corrected chi connectivity index (χ2v) is 5.92. The average molecular weight is 319 g/mol. The third-order valence-corrected chi connectivity index (χ3v) is 3.88. The van der Waals surface area contributed by atoms with Gasteiger partial charge >= 0.3 is 0 Å². The number of aryl methyl sites for hydroxylation is 2. The van der Waals surface area contributed by atoms with Crippen molar-refractivity contribution in [2.45, 2.75) is 27.2 Å². The smallest absolute Gasteiger partial charge is 0.180 e. The van der Waals surface area contributed by atoms with Crippen LogP contribution in [0.4, 0.5) is 0 Å². The normalized spacial score (nSPS) is 11.4. The summed E-state index contributed by atoms with van der Waals surface area (Å²) in [5.41, 5.74) is 2.61. The number of ether oxygens (including phenoxy) is 1. The molecule has 0 saturated carbocycles. The summed E-state index contributed by atoms with van der Waals surface area (Å²) in [5.74, 6) is 1.58. The first-order valence-corrected chi connectivity index (χ1v) is 7.77. The molecule has 0 amide bonds. The molecule has 2 aromatic heterocycles. The molecule has 0 fully saturated rings. The summed E-state index contributed by atoms with van der Waals surface area (Å²) in [6, 6.07) is 3.79. The minimum atomic E-state index is 0.115. The first-order valence-electron chi connectivity index (χ1n) is 7.77. The summed E-state index contributed by atoms with van der Waals surface area (Å²) in [4.78, 5) is 14.6. The molecule has 0 aliphatic heterocycles. The fourth-order valence-electron chi connectivity index (χ4n) is 2.74. The highest BCUT2D eigenvalue weighted by atomic mass is 16.5. The Morgan fingerprint density at radius 2 is 2.09 bits per heavy atom. The fraction of sp³-hybridized carbons (Fsp3) is 0.529. The molecule has 0 saturated heterocycles. The van der Waals surface area contributed by atoms with Crippen LogP contribution in [0.3, 0.4) is 0 Å². The Morgan fingerprint density at radius 3 is 2.70 bits per heavy atom. The van der Waals surface area contributed by atoms with Gasteiger partial charge in [0.15, 0.2) is 11.6 Å².